The molecule has 0 aromatic carbocycles. The van der Waals surface area contributed by atoms with Crippen LogP contribution in [0.5, 0.6) is 0 Å². The van der Waals surface area contributed by atoms with E-state index in [-0.39, 0.29) is 0 Å². The average Bonchev–Trinajstić information content (AvgIpc) is 2.31. The standard InChI is InChI=1S/C9H13N5O/c1-10-13-8-6-9(12-7-11-8)14-2-4-15-5-3-14/h6-7H,1-5H2,(H,11,12,13). The smallest absolute Gasteiger partial charge is 0.151 e. The van der Waals surface area contributed by atoms with Crippen molar-refractivity contribution in [2.45, 2.75) is 0 Å². The monoisotopic (exact) mass is 207 g/mol. The first-order valence-corrected chi connectivity index (χ1v) is 4.76. The molecule has 6 heteroatoms. The summed E-state index contributed by atoms with van der Waals surface area (Å²) >= 11 is 0. The molecule has 1 aromatic heterocycles. The van der Waals surface area contributed by atoms with E-state index in [4.69, 9.17) is 4.74 Å². The summed E-state index contributed by atoms with van der Waals surface area (Å²) in [5.74, 6) is 1.54. The molecule has 2 rings (SSSR count). The Morgan fingerprint density at radius 1 is 1.40 bits per heavy atom. The van der Waals surface area contributed by atoms with Crippen LogP contribution in [0.4, 0.5) is 11.6 Å². The van der Waals surface area contributed by atoms with Gasteiger partial charge in [-0.2, -0.15) is 5.10 Å². The van der Waals surface area contributed by atoms with Crippen LogP contribution in [0.1, 0.15) is 0 Å². The molecular weight excluding hydrogens is 194 g/mol. The third kappa shape index (κ3) is 2.41. The Balaban J connectivity index is 2.12. The summed E-state index contributed by atoms with van der Waals surface area (Å²) in [4.78, 5) is 10.4. The second-order valence-electron chi connectivity index (χ2n) is 3.13. The number of hydrazone groups is 1. The Hall–Kier alpha value is -1.69. The molecule has 0 spiro atoms. The highest BCUT2D eigenvalue weighted by Gasteiger charge is 2.12. The van der Waals surface area contributed by atoms with Crippen molar-refractivity contribution >= 4 is 18.4 Å². The van der Waals surface area contributed by atoms with Gasteiger partial charge in [-0.15, -0.1) is 0 Å². The lowest BCUT2D eigenvalue weighted by molar-refractivity contribution is 0.122. The van der Waals surface area contributed by atoms with E-state index in [1.807, 2.05) is 6.07 Å². The molecule has 0 aliphatic carbocycles. The van der Waals surface area contributed by atoms with Crippen LogP contribution >= 0.6 is 0 Å². The van der Waals surface area contributed by atoms with E-state index in [1.54, 1.807) is 0 Å². The third-order valence-electron chi connectivity index (χ3n) is 2.18. The maximum atomic E-state index is 5.27. The van der Waals surface area contributed by atoms with Crippen LogP contribution in [0.15, 0.2) is 17.5 Å². The van der Waals surface area contributed by atoms with Crippen LogP contribution in [0.25, 0.3) is 0 Å². The van der Waals surface area contributed by atoms with Crippen molar-refractivity contribution in [1.82, 2.24) is 9.97 Å². The SMILES string of the molecule is C=NNc1cc(N2CCOCC2)ncn1. The number of morpholine rings is 1. The quantitative estimate of drug-likeness (QED) is 0.572. The Morgan fingerprint density at radius 3 is 2.93 bits per heavy atom. The zero-order valence-corrected chi connectivity index (χ0v) is 8.39. The Labute approximate surface area is 88.0 Å². The maximum absolute atomic E-state index is 5.27. The fourth-order valence-electron chi connectivity index (χ4n) is 1.45. The molecule has 0 amide bonds. The van der Waals surface area contributed by atoms with Crippen molar-refractivity contribution < 1.29 is 4.74 Å². The molecule has 0 atom stereocenters. The lowest BCUT2D eigenvalue weighted by Crippen LogP contribution is -2.36. The minimum absolute atomic E-state index is 0.654. The molecule has 2 heterocycles. The van der Waals surface area contributed by atoms with Crippen LogP contribution in [-0.4, -0.2) is 43.0 Å². The number of rotatable bonds is 3. The largest absolute Gasteiger partial charge is 0.378 e. The van der Waals surface area contributed by atoms with Gasteiger partial charge in [0, 0.05) is 25.9 Å². The first-order valence-electron chi connectivity index (χ1n) is 4.76. The summed E-state index contributed by atoms with van der Waals surface area (Å²) in [6.07, 6.45) is 1.51. The Kier molecular flexibility index (Phi) is 3.08. The summed E-state index contributed by atoms with van der Waals surface area (Å²) in [5, 5.41) is 3.56. The summed E-state index contributed by atoms with van der Waals surface area (Å²) in [7, 11) is 0. The van der Waals surface area contributed by atoms with Crippen LogP contribution in [0, 0.1) is 0 Å². The maximum Gasteiger partial charge on any atom is 0.151 e. The van der Waals surface area contributed by atoms with Crippen molar-refractivity contribution in [2.75, 3.05) is 36.6 Å². The van der Waals surface area contributed by atoms with E-state index in [0.717, 1.165) is 32.1 Å². The Bertz CT molecular complexity index is 337. The van der Waals surface area contributed by atoms with E-state index < -0.39 is 0 Å². The molecule has 0 saturated carbocycles. The predicted octanol–water partition coefficient (Wildman–Crippen LogP) is 0.341. The number of anilines is 2. The third-order valence-corrected chi connectivity index (χ3v) is 2.18. The molecule has 0 unspecified atom stereocenters. The van der Waals surface area contributed by atoms with E-state index in [1.165, 1.54) is 6.33 Å². The van der Waals surface area contributed by atoms with E-state index in [0.29, 0.717) is 5.82 Å². The number of ether oxygens (including phenoxy) is 1. The molecule has 80 valence electrons. The molecule has 1 saturated heterocycles. The molecule has 0 bridgehead atoms. The van der Waals surface area contributed by atoms with Crippen molar-refractivity contribution in [3.63, 3.8) is 0 Å². The molecule has 1 aliphatic rings. The fourth-order valence-corrected chi connectivity index (χ4v) is 1.45. The second kappa shape index (κ2) is 4.70. The molecule has 1 fully saturated rings. The number of nitrogens with zero attached hydrogens (tertiary/aromatic N) is 4. The summed E-state index contributed by atoms with van der Waals surface area (Å²) < 4.78 is 5.27. The van der Waals surface area contributed by atoms with Gasteiger partial charge in [-0.05, 0) is 0 Å². The van der Waals surface area contributed by atoms with Crippen LogP contribution < -0.4 is 10.3 Å². The number of hydrogen-bond donors (Lipinski definition) is 1. The zero-order valence-electron chi connectivity index (χ0n) is 8.39. The van der Waals surface area contributed by atoms with Gasteiger partial charge in [0.05, 0.1) is 13.2 Å². The summed E-state index contributed by atoms with van der Waals surface area (Å²) in [5.41, 5.74) is 2.69. The van der Waals surface area contributed by atoms with Gasteiger partial charge in [0.15, 0.2) is 5.82 Å². The molecule has 6 nitrogen and oxygen atoms in total. The molecule has 1 N–H and O–H groups in total. The van der Waals surface area contributed by atoms with Crippen molar-refractivity contribution in [2.24, 2.45) is 5.10 Å². The topological polar surface area (TPSA) is 62.6 Å². The molecule has 0 radical (unpaired) electrons. The van der Waals surface area contributed by atoms with Gasteiger partial charge in [0.2, 0.25) is 0 Å². The van der Waals surface area contributed by atoms with Gasteiger partial charge < -0.3 is 9.64 Å². The molecule has 15 heavy (non-hydrogen) atoms. The van der Waals surface area contributed by atoms with E-state index >= 15 is 0 Å². The lowest BCUT2D eigenvalue weighted by Gasteiger charge is -2.27. The first-order chi connectivity index (χ1) is 7.40. The second-order valence-corrected chi connectivity index (χ2v) is 3.13. The fraction of sp³-hybridized carbons (Fsp3) is 0.444. The Morgan fingerprint density at radius 2 is 2.20 bits per heavy atom. The van der Waals surface area contributed by atoms with Crippen molar-refractivity contribution in [3.8, 4) is 0 Å². The van der Waals surface area contributed by atoms with Gasteiger partial charge in [0.25, 0.3) is 0 Å². The van der Waals surface area contributed by atoms with E-state index in [2.05, 4.69) is 32.1 Å². The van der Waals surface area contributed by atoms with Gasteiger partial charge in [-0.3, -0.25) is 5.43 Å². The summed E-state index contributed by atoms with van der Waals surface area (Å²) in [6.45, 7) is 6.55. The van der Waals surface area contributed by atoms with Gasteiger partial charge in [-0.1, -0.05) is 0 Å². The van der Waals surface area contributed by atoms with Gasteiger partial charge in [-0.25, -0.2) is 9.97 Å². The normalized spacial score (nSPS) is 16.1. The summed E-state index contributed by atoms with van der Waals surface area (Å²) in [6, 6.07) is 1.85. The minimum Gasteiger partial charge on any atom is -0.378 e. The van der Waals surface area contributed by atoms with E-state index in [9.17, 15) is 0 Å². The minimum atomic E-state index is 0.654. The number of nitrogens with one attached hydrogen (secondary N) is 1. The highest BCUT2D eigenvalue weighted by Crippen LogP contribution is 2.14. The highest BCUT2D eigenvalue weighted by molar-refractivity contribution is 5.49. The highest BCUT2D eigenvalue weighted by atomic mass is 16.5. The molecule has 1 aromatic rings. The van der Waals surface area contributed by atoms with Crippen LogP contribution in [-0.2, 0) is 4.74 Å². The molecule has 1 aliphatic heterocycles. The van der Waals surface area contributed by atoms with Gasteiger partial charge in [0.1, 0.15) is 12.1 Å². The predicted molar refractivity (Wildman–Crippen MR) is 58.2 cm³/mol. The van der Waals surface area contributed by atoms with Crippen LogP contribution in [0.2, 0.25) is 0 Å². The van der Waals surface area contributed by atoms with Gasteiger partial charge >= 0.3 is 0 Å². The number of hydrogen-bond acceptors (Lipinski definition) is 6. The zero-order chi connectivity index (χ0) is 10.5. The van der Waals surface area contributed by atoms with Crippen molar-refractivity contribution in [3.05, 3.63) is 12.4 Å². The number of aromatic nitrogens is 2. The van der Waals surface area contributed by atoms with Crippen molar-refractivity contribution in [1.29, 1.82) is 0 Å². The van der Waals surface area contributed by atoms with Crippen LogP contribution in [0.3, 0.4) is 0 Å². The first kappa shape index (κ1) is 9.85. The average molecular weight is 207 g/mol. The molecular formula is C9H13N5O. The lowest BCUT2D eigenvalue weighted by atomic mass is 10.4.